The number of fused-ring (bicyclic) bond motifs is 9. The summed E-state index contributed by atoms with van der Waals surface area (Å²) in [5.41, 5.74) is 3.23. The fourth-order valence-corrected chi connectivity index (χ4v) is 4.31. The number of amides is 1. The lowest BCUT2D eigenvalue weighted by Gasteiger charge is -2.16. The van der Waals surface area contributed by atoms with Crippen LogP contribution in [0.25, 0.3) is 11.3 Å². The van der Waals surface area contributed by atoms with Crippen molar-refractivity contribution >= 4 is 23.2 Å². The normalized spacial score (nSPS) is 18.2. The zero-order chi connectivity index (χ0) is 25.5. The van der Waals surface area contributed by atoms with Crippen molar-refractivity contribution in [3.05, 3.63) is 64.7 Å². The van der Waals surface area contributed by atoms with Crippen molar-refractivity contribution < 1.29 is 19.0 Å². The molecule has 1 aromatic heterocycles. The summed E-state index contributed by atoms with van der Waals surface area (Å²) < 4.78 is 17.5. The summed E-state index contributed by atoms with van der Waals surface area (Å²) in [6, 6.07) is 12.3. The number of benzene rings is 2. The number of nitrogens with zero attached hydrogens (tertiary/aromatic N) is 3. The number of hydrogen-bond acceptors (Lipinski definition) is 9. The predicted octanol–water partition coefficient (Wildman–Crippen LogP) is 4.74. The van der Waals surface area contributed by atoms with E-state index >= 15 is 0 Å². The highest BCUT2D eigenvalue weighted by Crippen LogP contribution is 2.31. The van der Waals surface area contributed by atoms with Gasteiger partial charge < -0.3 is 24.8 Å². The molecule has 3 aromatic rings. The van der Waals surface area contributed by atoms with Crippen molar-refractivity contribution in [3.63, 3.8) is 0 Å². The van der Waals surface area contributed by atoms with Crippen LogP contribution >= 0.6 is 0 Å². The van der Waals surface area contributed by atoms with Gasteiger partial charge in [-0.25, -0.2) is 9.97 Å². The molecule has 0 saturated carbocycles. The Balaban J connectivity index is 1.43. The quantitative estimate of drug-likeness (QED) is 0.489. The molecule has 1 unspecified atom stereocenters. The van der Waals surface area contributed by atoms with Crippen LogP contribution < -0.4 is 15.4 Å². The third kappa shape index (κ3) is 6.28. The Labute approximate surface area is 214 Å². The Hall–Kier alpha value is -3.89. The zero-order valence-corrected chi connectivity index (χ0v) is 20.4. The molecule has 10 nitrogen and oxygen atoms in total. The second-order valence-electron chi connectivity index (χ2n) is 9.09. The highest BCUT2D eigenvalue weighted by Gasteiger charge is 2.18. The Bertz CT molecular complexity index is 1260. The van der Waals surface area contributed by atoms with Gasteiger partial charge in [0, 0.05) is 54.3 Å². The van der Waals surface area contributed by atoms with Crippen molar-refractivity contribution in [2.75, 3.05) is 38.3 Å². The van der Waals surface area contributed by atoms with Gasteiger partial charge in [-0.05, 0) is 66.9 Å². The lowest BCUT2D eigenvalue weighted by molar-refractivity contribution is 0.0944. The summed E-state index contributed by atoms with van der Waals surface area (Å²) in [7, 11) is 0. The minimum atomic E-state index is -0.259. The second kappa shape index (κ2) is 11.9. The maximum atomic E-state index is 12.6. The van der Waals surface area contributed by atoms with Crippen LogP contribution in [-0.4, -0.2) is 48.8 Å². The highest BCUT2D eigenvalue weighted by atomic mass is 16.5. The van der Waals surface area contributed by atoms with E-state index in [1.54, 1.807) is 24.4 Å². The van der Waals surface area contributed by atoms with Gasteiger partial charge >= 0.3 is 0 Å². The molecule has 3 aliphatic heterocycles. The van der Waals surface area contributed by atoms with Crippen LogP contribution in [0.1, 0.15) is 35.2 Å². The Morgan fingerprint density at radius 2 is 2.03 bits per heavy atom. The third-order valence-corrected chi connectivity index (χ3v) is 6.36. The van der Waals surface area contributed by atoms with E-state index in [4.69, 9.17) is 14.2 Å². The molecule has 1 saturated heterocycles. The van der Waals surface area contributed by atoms with E-state index in [0.29, 0.717) is 55.1 Å². The van der Waals surface area contributed by atoms with Gasteiger partial charge in [-0.1, -0.05) is 0 Å². The molecular weight excluding hydrogens is 474 g/mol. The third-order valence-electron chi connectivity index (χ3n) is 6.36. The number of nitrogens with one attached hydrogen (secondary N) is 2. The average molecular weight is 504 g/mol. The van der Waals surface area contributed by atoms with Crippen molar-refractivity contribution in [1.29, 1.82) is 0 Å². The number of carbonyl (C=O) groups excluding carboxylic acids is 1. The van der Waals surface area contributed by atoms with E-state index in [0.717, 1.165) is 49.5 Å². The fraction of sp³-hybridized carbons (Fsp3) is 0.370. The maximum absolute atomic E-state index is 12.6. The topological polar surface area (TPSA) is 124 Å². The summed E-state index contributed by atoms with van der Waals surface area (Å²) >= 11 is 0. The van der Waals surface area contributed by atoms with Gasteiger partial charge in [0.1, 0.15) is 11.4 Å². The van der Waals surface area contributed by atoms with Gasteiger partial charge in [0.05, 0.1) is 25.5 Å². The molecule has 1 amide bonds. The summed E-state index contributed by atoms with van der Waals surface area (Å²) in [4.78, 5) is 33.1. The van der Waals surface area contributed by atoms with E-state index in [-0.39, 0.29) is 11.6 Å². The summed E-state index contributed by atoms with van der Waals surface area (Å²) in [6.45, 7) is 3.52. The van der Waals surface area contributed by atoms with Crippen LogP contribution in [-0.2, 0) is 16.1 Å². The van der Waals surface area contributed by atoms with E-state index in [1.807, 2.05) is 18.2 Å². The lowest BCUT2D eigenvalue weighted by Crippen LogP contribution is -2.24. The smallest absolute Gasteiger partial charge is 0.251 e. The average Bonchev–Trinajstić information content (AvgIpc) is 3.45. The van der Waals surface area contributed by atoms with Crippen LogP contribution in [0.2, 0.25) is 0 Å². The van der Waals surface area contributed by atoms with E-state index in [2.05, 4.69) is 25.8 Å². The van der Waals surface area contributed by atoms with Gasteiger partial charge in [0.25, 0.3) is 5.91 Å². The zero-order valence-electron chi connectivity index (χ0n) is 20.4. The van der Waals surface area contributed by atoms with Crippen LogP contribution in [0.15, 0.2) is 53.8 Å². The van der Waals surface area contributed by atoms with Gasteiger partial charge in [0.2, 0.25) is 5.95 Å². The highest BCUT2D eigenvalue weighted by molar-refractivity contribution is 5.96. The molecule has 0 radical (unpaired) electrons. The van der Waals surface area contributed by atoms with Crippen molar-refractivity contribution in [3.8, 4) is 17.0 Å². The van der Waals surface area contributed by atoms with Crippen LogP contribution in [0.3, 0.4) is 0 Å². The van der Waals surface area contributed by atoms with Gasteiger partial charge in [0.15, 0.2) is 0 Å². The van der Waals surface area contributed by atoms with Crippen LogP contribution in [0, 0.1) is 10.8 Å². The fourth-order valence-electron chi connectivity index (χ4n) is 4.31. The minimum absolute atomic E-state index is 0.139. The number of nitroso groups, excluding NO2 is 1. The number of rotatable bonds is 4. The summed E-state index contributed by atoms with van der Waals surface area (Å²) in [5, 5.41) is 9.26. The second-order valence-corrected chi connectivity index (χ2v) is 9.09. The Kier molecular flexibility index (Phi) is 7.97. The molecule has 3 aliphatic rings. The first-order chi connectivity index (χ1) is 18.2. The molecule has 1 fully saturated rings. The largest absolute Gasteiger partial charge is 0.493 e. The number of hydrogen-bond donors (Lipinski definition) is 2. The van der Waals surface area contributed by atoms with Gasteiger partial charge in [-0.2, -0.15) is 0 Å². The lowest BCUT2D eigenvalue weighted by atomic mass is 10.1. The number of ether oxygens (including phenoxy) is 3. The number of anilines is 2. The van der Waals surface area contributed by atoms with Gasteiger partial charge in [-0.15, -0.1) is 4.91 Å². The molecule has 10 heteroatoms. The van der Waals surface area contributed by atoms with E-state index in [1.165, 1.54) is 6.07 Å². The van der Waals surface area contributed by atoms with Crippen LogP contribution in [0.4, 0.5) is 17.3 Å². The molecule has 6 bridgehead atoms. The molecule has 37 heavy (non-hydrogen) atoms. The SMILES string of the molecule is O=Nc1cc2ccc1-c1ccnc(n1)Nc1ccc(OCC3CCOC3)c(c1)COCCCCNC2=O. The molecular formula is C27H29N5O5. The summed E-state index contributed by atoms with van der Waals surface area (Å²) in [5.74, 6) is 1.26. The minimum Gasteiger partial charge on any atom is -0.493 e. The molecule has 6 rings (SSSR count). The first-order valence-electron chi connectivity index (χ1n) is 12.5. The first kappa shape index (κ1) is 24.8. The van der Waals surface area contributed by atoms with Crippen molar-refractivity contribution in [2.45, 2.75) is 25.9 Å². The molecule has 4 heterocycles. The maximum Gasteiger partial charge on any atom is 0.251 e. The Morgan fingerprint density at radius 3 is 2.89 bits per heavy atom. The first-order valence-corrected chi connectivity index (χ1v) is 12.5. The standard InChI is InChI=1S/C27H29N5O5/c33-26-19-3-5-22(24(14-19)32-34)23-7-10-29-27(31-23)30-21-4-6-25(37-16-18-8-12-36-15-18)20(13-21)17-35-11-2-1-9-28-26/h3-7,10,13-14,18H,1-2,8-9,11-12,15-17H2,(H,28,33)(H,29,30,31). The van der Waals surface area contributed by atoms with Crippen molar-refractivity contribution in [2.24, 2.45) is 11.1 Å². The molecule has 1 atom stereocenters. The molecule has 0 spiro atoms. The van der Waals surface area contributed by atoms with Gasteiger partial charge in [-0.3, -0.25) is 4.79 Å². The van der Waals surface area contributed by atoms with E-state index < -0.39 is 0 Å². The van der Waals surface area contributed by atoms with E-state index in [9.17, 15) is 9.70 Å². The number of carbonyl (C=O) groups is 1. The van der Waals surface area contributed by atoms with Crippen molar-refractivity contribution in [1.82, 2.24) is 15.3 Å². The monoisotopic (exact) mass is 503 g/mol. The van der Waals surface area contributed by atoms with Crippen LogP contribution in [0.5, 0.6) is 5.75 Å². The molecule has 192 valence electrons. The predicted molar refractivity (Wildman–Crippen MR) is 138 cm³/mol. The summed E-state index contributed by atoms with van der Waals surface area (Å²) in [6.07, 6.45) is 4.15. The Morgan fingerprint density at radius 1 is 1.08 bits per heavy atom. The number of aromatic nitrogens is 2. The molecule has 0 aliphatic carbocycles. The molecule has 2 N–H and O–H groups in total. The molecule has 2 aromatic carbocycles.